The molecule has 1 aliphatic rings. The van der Waals surface area contributed by atoms with Gasteiger partial charge < -0.3 is 24.1 Å². The number of methoxy groups -OCH3 is 2. The molecule has 1 aromatic heterocycles. The van der Waals surface area contributed by atoms with Gasteiger partial charge in [0, 0.05) is 19.4 Å². The summed E-state index contributed by atoms with van der Waals surface area (Å²) < 4.78 is 26.0. The summed E-state index contributed by atoms with van der Waals surface area (Å²) in [6, 6.07) is 28.4. The average molecular weight is 545 g/mol. The molecule has 3 aromatic carbocycles. The largest absolute Gasteiger partial charge is 0.497 e. The van der Waals surface area contributed by atoms with Gasteiger partial charge in [-0.25, -0.2) is 4.79 Å². The molecule has 9 nitrogen and oxygen atoms in total. The van der Waals surface area contributed by atoms with E-state index in [0.717, 1.165) is 16.7 Å². The Morgan fingerprint density at radius 2 is 1.43 bits per heavy atom. The second kappa shape index (κ2) is 11.6. The van der Waals surface area contributed by atoms with Crippen molar-refractivity contribution < 1.29 is 24.1 Å². The molecule has 0 saturated carbocycles. The zero-order valence-corrected chi connectivity index (χ0v) is 22.5. The van der Waals surface area contributed by atoms with Crippen molar-refractivity contribution in [2.75, 3.05) is 14.2 Å². The monoisotopic (exact) mass is 544 g/mol. The van der Waals surface area contributed by atoms with E-state index >= 15 is 0 Å². The van der Waals surface area contributed by atoms with Crippen LogP contribution in [0.15, 0.2) is 107 Å². The summed E-state index contributed by atoms with van der Waals surface area (Å²) in [7, 11) is 3.11. The maximum atomic E-state index is 12.7. The number of hydrogen-bond donors (Lipinski definition) is 2. The lowest BCUT2D eigenvalue weighted by Crippen LogP contribution is -2.47. The fourth-order valence-electron chi connectivity index (χ4n) is 5.37. The second-order valence-electron chi connectivity index (χ2n) is 9.67. The van der Waals surface area contributed by atoms with E-state index in [1.807, 2.05) is 84.9 Å². The summed E-state index contributed by atoms with van der Waals surface area (Å²) in [5.74, 6) is 0.692. The minimum atomic E-state index is -1.17. The Morgan fingerprint density at radius 3 is 1.93 bits per heavy atom. The average Bonchev–Trinajstić information content (AvgIpc) is 3.35. The molecule has 0 spiro atoms. The number of aliphatic hydroxyl groups excluding tert-OH is 1. The van der Waals surface area contributed by atoms with Crippen molar-refractivity contribution in [3.63, 3.8) is 0 Å². The number of rotatable bonds is 9. The number of benzene rings is 3. The second-order valence-corrected chi connectivity index (χ2v) is 9.67. The van der Waals surface area contributed by atoms with Gasteiger partial charge in [-0.05, 0) is 35.7 Å². The standard InChI is InChI=1S/C31H32N2O7/c1-20(34)26-27(28(38-3)29(39-26)33-19-18-25(35)32-30(33)36)40-31(21-10-6-4-7-11-21,22-12-8-5-9-13-22)23-14-16-24(37-2)17-15-23/h4-20,26-29,34H,1-3H3,(H,32,35,36)/t20-,26-,27-,28-,29-/m1/s1. The highest BCUT2D eigenvalue weighted by Crippen LogP contribution is 2.46. The molecule has 1 fully saturated rings. The molecule has 0 radical (unpaired) electrons. The summed E-state index contributed by atoms with van der Waals surface area (Å²) >= 11 is 0. The summed E-state index contributed by atoms with van der Waals surface area (Å²) in [4.78, 5) is 26.7. The maximum Gasteiger partial charge on any atom is 0.330 e. The van der Waals surface area contributed by atoms with E-state index in [1.165, 1.54) is 23.9 Å². The highest BCUT2D eigenvalue weighted by atomic mass is 16.6. The van der Waals surface area contributed by atoms with E-state index in [0.29, 0.717) is 5.75 Å². The van der Waals surface area contributed by atoms with Crippen molar-refractivity contribution in [1.82, 2.24) is 9.55 Å². The van der Waals surface area contributed by atoms with E-state index in [-0.39, 0.29) is 0 Å². The van der Waals surface area contributed by atoms with Gasteiger partial charge in [-0.1, -0.05) is 72.8 Å². The molecule has 1 saturated heterocycles. The molecule has 9 heteroatoms. The van der Waals surface area contributed by atoms with Crippen molar-refractivity contribution >= 4 is 0 Å². The van der Waals surface area contributed by atoms with Gasteiger partial charge in [0.1, 0.15) is 29.7 Å². The van der Waals surface area contributed by atoms with Crippen LogP contribution in [-0.2, 0) is 19.8 Å². The first-order valence-corrected chi connectivity index (χ1v) is 13.0. The lowest BCUT2D eigenvalue weighted by Gasteiger charge is -2.40. The highest BCUT2D eigenvalue weighted by Gasteiger charge is 2.53. The fourth-order valence-corrected chi connectivity index (χ4v) is 5.37. The molecule has 2 N–H and O–H groups in total. The lowest BCUT2D eigenvalue weighted by atomic mass is 9.79. The van der Waals surface area contributed by atoms with Crippen LogP contribution in [0.25, 0.3) is 0 Å². The molecule has 5 rings (SSSR count). The van der Waals surface area contributed by atoms with Crippen molar-refractivity contribution in [3.05, 3.63) is 135 Å². The van der Waals surface area contributed by atoms with E-state index in [1.54, 1.807) is 14.0 Å². The van der Waals surface area contributed by atoms with Gasteiger partial charge in [-0.3, -0.25) is 14.3 Å². The molecule has 0 amide bonds. The zero-order chi connectivity index (χ0) is 28.3. The van der Waals surface area contributed by atoms with Crippen LogP contribution in [0.1, 0.15) is 29.8 Å². The quantitative estimate of drug-likeness (QED) is 0.311. The van der Waals surface area contributed by atoms with Crippen LogP contribution in [-0.4, -0.2) is 53.3 Å². The Balaban J connectivity index is 1.71. The molecule has 5 atom stereocenters. The molecule has 208 valence electrons. The van der Waals surface area contributed by atoms with Crippen LogP contribution >= 0.6 is 0 Å². The van der Waals surface area contributed by atoms with E-state index in [2.05, 4.69) is 4.98 Å². The van der Waals surface area contributed by atoms with Crippen LogP contribution in [0.2, 0.25) is 0 Å². The first kappa shape index (κ1) is 27.5. The van der Waals surface area contributed by atoms with Gasteiger partial charge >= 0.3 is 5.69 Å². The van der Waals surface area contributed by atoms with Gasteiger partial charge in [0.25, 0.3) is 5.56 Å². The molecule has 4 aromatic rings. The normalized spacial score (nSPS) is 21.7. The topological polar surface area (TPSA) is 112 Å². The van der Waals surface area contributed by atoms with Gasteiger partial charge in [0.2, 0.25) is 0 Å². The summed E-state index contributed by atoms with van der Waals surface area (Å²) in [5, 5.41) is 10.9. The van der Waals surface area contributed by atoms with Gasteiger partial charge in [0.15, 0.2) is 6.23 Å². The summed E-state index contributed by atoms with van der Waals surface area (Å²) in [5.41, 5.74) is 0.147. The zero-order valence-electron chi connectivity index (χ0n) is 22.5. The SMILES string of the molecule is COc1ccc(C(O[C@H]2[C@@H](OC)[C@H](n3ccc(=O)[nH]c3=O)O[C@@H]2[C@@H](C)O)(c2ccccc2)c2ccccc2)cc1. The first-order chi connectivity index (χ1) is 19.4. The number of aromatic nitrogens is 2. The maximum absolute atomic E-state index is 12.7. The highest BCUT2D eigenvalue weighted by molar-refractivity contribution is 5.48. The fraction of sp³-hybridized carbons (Fsp3) is 0.290. The molecule has 2 heterocycles. The molecular weight excluding hydrogens is 512 g/mol. The summed E-state index contributed by atoms with van der Waals surface area (Å²) in [6.45, 7) is 1.60. The predicted molar refractivity (Wildman–Crippen MR) is 148 cm³/mol. The van der Waals surface area contributed by atoms with Crippen molar-refractivity contribution in [2.24, 2.45) is 0 Å². The Hall–Kier alpha value is -4.02. The van der Waals surface area contributed by atoms with Crippen molar-refractivity contribution in [1.29, 1.82) is 0 Å². The molecule has 0 bridgehead atoms. The Morgan fingerprint density at radius 1 is 0.850 bits per heavy atom. The van der Waals surface area contributed by atoms with Gasteiger partial charge in [-0.15, -0.1) is 0 Å². The minimum Gasteiger partial charge on any atom is -0.497 e. The van der Waals surface area contributed by atoms with E-state index in [4.69, 9.17) is 18.9 Å². The number of nitrogens with one attached hydrogen (secondary N) is 1. The molecule has 0 aliphatic carbocycles. The molecule has 0 unspecified atom stereocenters. The Kier molecular flexibility index (Phi) is 7.99. The number of aliphatic hydroxyl groups is 1. The van der Waals surface area contributed by atoms with Crippen LogP contribution in [0.4, 0.5) is 0 Å². The molecule has 1 aliphatic heterocycles. The van der Waals surface area contributed by atoms with E-state index < -0.39 is 47.5 Å². The Bertz CT molecular complexity index is 1480. The van der Waals surface area contributed by atoms with Crippen LogP contribution in [0, 0.1) is 0 Å². The van der Waals surface area contributed by atoms with Gasteiger partial charge in [0.05, 0.1) is 13.2 Å². The Labute approximate surface area is 231 Å². The molecular formula is C31H32N2O7. The predicted octanol–water partition coefficient (Wildman–Crippen LogP) is 3.22. The number of hydrogen-bond acceptors (Lipinski definition) is 7. The third-order valence-electron chi connectivity index (χ3n) is 7.27. The smallest absolute Gasteiger partial charge is 0.330 e. The van der Waals surface area contributed by atoms with Gasteiger partial charge in [-0.2, -0.15) is 0 Å². The first-order valence-electron chi connectivity index (χ1n) is 13.0. The minimum absolute atomic E-state index is 0.528. The number of H-pyrrole nitrogens is 1. The third kappa shape index (κ3) is 5.00. The van der Waals surface area contributed by atoms with Crippen LogP contribution in [0.3, 0.4) is 0 Å². The number of aromatic amines is 1. The number of nitrogens with zero attached hydrogens (tertiary/aromatic N) is 1. The molecule has 40 heavy (non-hydrogen) atoms. The van der Waals surface area contributed by atoms with Crippen molar-refractivity contribution in [2.45, 2.75) is 43.2 Å². The van der Waals surface area contributed by atoms with E-state index in [9.17, 15) is 14.7 Å². The van der Waals surface area contributed by atoms with Crippen LogP contribution in [0.5, 0.6) is 5.75 Å². The lowest BCUT2D eigenvalue weighted by molar-refractivity contribution is -0.130. The van der Waals surface area contributed by atoms with Crippen molar-refractivity contribution in [3.8, 4) is 5.75 Å². The summed E-state index contributed by atoms with van der Waals surface area (Å²) in [6.07, 6.45) is -3.15. The third-order valence-corrected chi connectivity index (χ3v) is 7.27. The van der Waals surface area contributed by atoms with Crippen LogP contribution < -0.4 is 16.0 Å². The number of ether oxygens (including phenoxy) is 4.